The van der Waals surface area contributed by atoms with E-state index >= 15 is 0 Å². The van der Waals surface area contributed by atoms with Crippen LogP contribution in [0.25, 0.3) is 10.8 Å². The minimum absolute atomic E-state index is 0.0550. The summed E-state index contributed by atoms with van der Waals surface area (Å²) in [5.74, 6) is -6.88. The number of methoxy groups -OCH3 is 1. The fraction of sp³-hybridized carbons (Fsp3) is 0.526. The van der Waals surface area contributed by atoms with E-state index in [2.05, 4.69) is 0 Å². The number of cyclic esters (lactones) is 1. The van der Waals surface area contributed by atoms with Gasteiger partial charge in [-0.2, -0.15) is 0 Å². The van der Waals surface area contributed by atoms with Crippen LogP contribution in [-0.4, -0.2) is 123 Å². The molecule has 0 N–H and O–H groups in total. The lowest BCUT2D eigenvalue weighted by Gasteiger charge is -2.45. The van der Waals surface area contributed by atoms with Gasteiger partial charge in [0.15, 0.2) is 42.6 Å². The van der Waals surface area contributed by atoms with Crippen molar-refractivity contribution in [3.05, 3.63) is 29.3 Å². The van der Waals surface area contributed by atoms with Gasteiger partial charge in [0.05, 0.1) is 25.7 Å². The second-order valence-corrected chi connectivity index (χ2v) is 13.3. The SMILES string of the molecule is COc1cc(O[C@@H]2O[C@H](CO[C@@H]3OC[C@@H](OC(C)=O)[C@H](OC(C)=O)[C@H]3OC(C)=O)[C@@H](OC(C)=O)[C@H](OC(C)=O)[C@H]2OC(C)=O)c2c(OC(C)=O)c3c(cc2c1)COC3=O. The van der Waals surface area contributed by atoms with Gasteiger partial charge in [-0.15, -0.1) is 0 Å². The van der Waals surface area contributed by atoms with Crippen LogP contribution in [0.5, 0.6) is 17.2 Å². The molecule has 0 unspecified atom stereocenters. The average molecular weight is 835 g/mol. The zero-order valence-corrected chi connectivity index (χ0v) is 33.1. The summed E-state index contributed by atoms with van der Waals surface area (Å²) in [7, 11) is 1.36. The quantitative estimate of drug-likeness (QED) is 0.157. The van der Waals surface area contributed by atoms with E-state index in [4.69, 9.17) is 61.6 Å². The molecule has 0 bridgehead atoms. The smallest absolute Gasteiger partial charge is 0.342 e. The molecule has 3 heterocycles. The molecule has 0 radical (unpaired) electrons. The molecule has 0 aliphatic carbocycles. The van der Waals surface area contributed by atoms with Crippen molar-refractivity contribution in [2.45, 2.75) is 110 Å². The third-order valence-corrected chi connectivity index (χ3v) is 8.73. The number of ether oxygens (including phenoxy) is 13. The number of hydrogen-bond acceptors (Lipinski definition) is 21. The first-order chi connectivity index (χ1) is 27.9. The van der Waals surface area contributed by atoms with Gasteiger partial charge < -0.3 is 61.6 Å². The summed E-state index contributed by atoms with van der Waals surface area (Å²) >= 11 is 0. The van der Waals surface area contributed by atoms with Gasteiger partial charge in [0.25, 0.3) is 0 Å². The summed E-state index contributed by atoms with van der Waals surface area (Å²) in [4.78, 5) is 99.3. The zero-order chi connectivity index (χ0) is 43.3. The molecule has 320 valence electrons. The van der Waals surface area contributed by atoms with E-state index in [1.807, 2.05) is 0 Å². The van der Waals surface area contributed by atoms with Gasteiger partial charge in [-0.1, -0.05) is 0 Å². The molecule has 2 fully saturated rings. The lowest BCUT2D eigenvalue weighted by molar-refractivity contribution is -0.313. The molecule has 21 heteroatoms. The maximum Gasteiger partial charge on any atom is 0.342 e. The molecular formula is C38H42O21. The fourth-order valence-corrected chi connectivity index (χ4v) is 6.76. The van der Waals surface area contributed by atoms with E-state index in [1.165, 1.54) is 13.2 Å². The predicted octanol–water partition coefficient (Wildman–Crippen LogP) is 1.51. The number of esters is 8. The Kier molecular flexibility index (Phi) is 13.9. The molecular weight excluding hydrogens is 792 g/mol. The van der Waals surface area contributed by atoms with Crippen molar-refractivity contribution in [2.75, 3.05) is 20.3 Å². The molecule has 3 aliphatic heterocycles. The lowest BCUT2D eigenvalue weighted by Crippen LogP contribution is -2.64. The second kappa shape index (κ2) is 18.7. The maximum atomic E-state index is 12.9. The first-order valence-corrected chi connectivity index (χ1v) is 18.0. The summed E-state index contributed by atoms with van der Waals surface area (Å²) in [5.41, 5.74) is 0.341. The van der Waals surface area contributed by atoms with Gasteiger partial charge in [0, 0.05) is 60.1 Å². The third kappa shape index (κ3) is 10.5. The summed E-state index contributed by atoms with van der Waals surface area (Å²) in [6, 6.07) is 4.52. The standard InChI is InChI=1S/C38H42O21/c1-15(39)51-26-13-49-37(34(56-20(6)44)31(26)53-17(3)41)50-14-27-30(52-16(2)40)33(55-19(5)43)35(57-21(7)45)38(59-27)58-25-11-24(47-8)10-22-9-23-12-48-36(46)29(23)32(28(22)25)54-18(4)42/h9-11,26-27,30-31,33-35,37-38H,12-14H2,1-8H3/t26-,27-,30-,31+,33+,34-,35-,37+,38-/m1/s1. The molecule has 0 aromatic heterocycles. The van der Waals surface area contributed by atoms with E-state index in [0.29, 0.717) is 10.9 Å². The van der Waals surface area contributed by atoms with Crippen LogP contribution in [0.4, 0.5) is 0 Å². The Hall–Kier alpha value is -6.06. The molecule has 2 saturated heterocycles. The highest BCUT2D eigenvalue weighted by atomic mass is 16.8. The van der Waals surface area contributed by atoms with Crippen molar-refractivity contribution in [3.63, 3.8) is 0 Å². The van der Waals surface area contributed by atoms with Crippen LogP contribution in [0.2, 0.25) is 0 Å². The van der Waals surface area contributed by atoms with Gasteiger partial charge >= 0.3 is 47.8 Å². The average Bonchev–Trinajstić information content (AvgIpc) is 3.50. The minimum atomic E-state index is -1.77. The first-order valence-electron chi connectivity index (χ1n) is 18.0. The second-order valence-electron chi connectivity index (χ2n) is 13.3. The molecule has 9 atom stereocenters. The molecule has 59 heavy (non-hydrogen) atoms. The van der Waals surface area contributed by atoms with Crippen molar-refractivity contribution < 1.29 is 99.9 Å². The Morgan fingerprint density at radius 3 is 1.80 bits per heavy atom. The molecule has 0 amide bonds. The number of hydrogen-bond donors (Lipinski definition) is 0. The Morgan fingerprint density at radius 1 is 0.661 bits per heavy atom. The Bertz CT molecular complexity index is 2010. The summed E-state index contributed by atoms with van der Waals surface area (Å²) < 4.78 is 73.6. The van der Waals surface area contributed by atoms with Gasteiger partial charge in [-0.25, -0.2) is 4.79 Å². The van der Waals surface area contributed by atoms with Crippen LogP contribution >= 0.6 is 0 Å². The van der Waals surface area contributed by atoms with Crippen molar-refractivity contribution in [1.29, 1.82) is 0 Å². The van der Waals surface area contributed by atoms with Crippen molar-refractivity contribution in [2.24, 2.45) is 0 Å². The fourth-order valence-electron chi connectivity index (χ4n) is 6.76. The predicted molar refractivity (Wildman–Crippen MR) is 189 cm³/mol. The Labute approximate surface area is 335 Å². The van der Waals surface area contributed by atoms with Gasteiger partial charge in [-0.05, 0) is 17.5 Å². The third-order valence-electron chi connectivity index (χ3n) is 8.73. The summed E-state index contributed by atoms with van der Waals surface area (Å²) in [6.07, 6.45) is -13.9. The highest BCUT2D eigenvalue weighted by Crippen LogP contribution is 2.45. The van der Waals surface area contributed by atoms with Crippen LogP contribution in [-0.2, 0) is 87.5 Å². The normalized spacial score (nSPS) is 26.0. The molecule has 21 nitrogen and oxygen atoms in total. The first kappa shape index (κ1) is 44.1. The highest BCUT2D eigenvalue weighted by molar-refractivity contribution is 6.07. The monoisotopic (exact) mass is 834 g/mol. The minimum Gasteiger partial charge on any atom is -0.497 e. The van der Waals surface area contributed by atoms with E-state index in [9.17, 15) is 38.4 Å². The molecule has 2 aromatic carbocycles. The number of fused-ring (bicyclic) bond motifs is 2. The van der Waals surface area contributed by atoms with E-state index < -0.39 is 116 Å². The molecule has 2 aromatic rings. The Balaban J connectivity index is 1.60. The highest BCUT2D eigenvalue weighted by Gasteiger charge is 2.54. The van der Waals surface area contributed by atoms with Crippen LogP contribution in [0.3, 0.4) is 0 Å². The van der Waals surface area contributed by atoms with Crippen molar-refractivity contribution in [1.82, 2.24) is 0 Å². The number of carbonyl (C=O) groups is 8. The van der Waals surface area contributed by atoms with Crippen LogP contribution in [0, 0.1) is 0 Å². The van der Waals surface area contributed by atoms with Crippen LogP contribution in [0.15, 0.2) is 18.2 Å². The largest absolute Gasteiger partial charge is 0.497 e. The topological polar surface area (TPSA) is 257 Å². The zero-order valence-electron chi connectivity index (χ0n) is 33.1. The number of benzene rings is 2. The lowest BCUT2D eigenvalue weighted by atomic mass is 9.97. The number of rotatable bonds is 13. The number of carbonyl (C=O) groups excluding carboxylic acids is 8. The maximum absolute atomic E-state index is 12.9. The molecule has 0 saturated carbocycles. The van der Waals surface area contributed by atoms with Gasteiger partial charge in [0.1, 0.15) is 29.8 Å². The Morgan fingerprint density at radius 2 is 1.22 bits per heavy atom. The van der Waals surface area contributed by atoms with E-state index in [-0.39, 0.29) is 34.8 Å². The summed E-state index contributed by atoms with van der Waals surface area (Å²) in [6.45, 7) is 6.34. The van der Waals surface area contributed by atoms with E-state index in [0.717, 1.165) is 48.5 Å². The van der Waals surface area contributed by atoms with Crippen molar-refractivity contribution in [3.8, 4) is 17.2 Å². The van der Waals surface area contributed by atoms with Crippen LogP contribution in [0.1, 0.15) is 64.4 Å². The van der Waals surface area contributed by atoms with E-state index in [1.54, 1.807) is 12.1 Å². The van der Waals surface area contributed by atoms with Gasteiger partial charge in [-0.3, -0.25) is 33.6 Å². The molecule has 3 aliphatic rings. The molecule has 0 spiro atoms. The van der Waals surface area contributed by atoms with Gasteiger partial charge in [0.2, 0.25) is 12.4 Å². The summed E-state index contributed by atoms with van der Waals surface area (Å²) in [5, 5.41) is 0.406. The molecule has 5 rings (SSSR count). The van der Waals surface area contributed by atoms with Crippen molar-refractivity contribution >= 4 is 58.5 Å². The van der Waals surface area contributed by atoms with Crippen LogP contribution < -0.4 is 14.2 Å².